The SMILES string of the molecule is Cc1cccc(OCCC(NN)C2=CCCO2)c1. The van der Waals surface area contributed by atoms with E-state index in [0.29, 0.717) is 6.61 Å². The molecule has 1 aromatic carbocycles. The molecule has 2 rings (SSSR count). The van der Waals surface area contributed by atoms with Gasteiger partial charge < -0.3 is 9.47 Å². The van der Waals surface area contributed by atoms with Crippen molar-refractivity contribution in [2.24, 2.45) is 5.84 Å². The highest BCUT2D eigenvalue weighted by molar-refractivity contribution is 5.27. The molecule has 1 heterocycles. The highest BCUT2D eigenvalue weighted by Crippen LogP contribution is 2.17. The summed E-state index contributed by atoms with van der Waals surface area (Å²) < 4.78 is 11.2. The van der Waals surface area contributed by atoms with Gasteiger partial charge in [0.25, 0.3) is 0 Å². The van der Waals surface area contributed by atoms with E-state index < -0.39 is 0 Å². The number of ether oxygens (including phenoxy) is 2. The minimum Gasteiger partial charge on any atom is -0.496 e. The minimum absolute atomic E-state index is 0.0392. The smallest absolute Gasteiger partial charge is 0.119 e. The zero-order chi connectivity index (χ0) is 12.8. The van der Waals surface area contributed by atoms with Gasteiger partial charge in [-0.15, -0.1) is 0 Å². The molecule has 0 spiro atoms. The third kappa shape index (κ3) is 3.48. The Kier molecular flexibility index (Phi) is 4.61. The van der Waals surface area contributed by atoms with Gasteiger partial charge in [0, 0.05) is 12.8 Å². The van der Waals surface area contributed by atoms with Crippen molar-refractivity contribution < 1.29 is 9.47 Å². The van der Waals surface area contributed by atoms with E-state index in [9.17, 15) is 0 Å². The van der Waals surface area contributed by atoms with Crippen molar-refractivity contribution in [1.82, 2.24) is 5.43 Å². The molecular formula is C14H20N2O2. The summed E-state index contributed by atoms with van der Waals surface area (Å²) in [6, 6.07) is 8.07. The summed E-state index contributed by atoms with van der Waals surface area (Å²) >= 11 is 0. The van der Waals surface area contributed by atoms with Crippen molar-refractivity contribution in [3.05, 3.63) is 41.7 Å². The summed E-state index contributed by atoms with van der Waals surface area (Å²) in [5.41, 5.74) is 3.97. The number of aryl methyl sites for hydroxylation is 1. The Hall–Kier alpha value is -1.52. The molecule has 0 aliphatic carbocycles. The van der Waals surface area contributed by atoms with Crippen molar-refractivity contribution >= 4 is 0 Å². The van der Waals surface area contributed by atoms with Gasteiger partial charge in [0.15, 0.2) is 0 Å². The summed E-state index contributed by atoms with van der Waals surface area (Å²) in [7, 11) is 0. The third-order valence-corrected chi connectivity index (χ3v) is 2.94. The van der Waals surface area contributed by atoms with E-state index in [0.717, 1.165) is 31.0 Å². The van der Waals surface area contributed by atoms with E-state index >= 15 is 0 Å². The number of nitrogens with two attached hydrogens (primary N) is 1. The van der Waals surface area contributed by atoms with Gasteiger partial charge in [0.1, 0.15) is 11.5 Å². The molecule has 3 N–H and O–H groups in total. The van der Waals surface area contributed by atoms with Crippen LogP contribution in [0.3, 0.4) is 0 Å². The molecule has 0 bridgehead atoms. The van der Waals surface area contributed by atoms with Crippen molar-refractivity contribution in [1.29, 1.82) is 0 Å². The average Bonchev–Trinajstić information content (AvgIpc) is 2.88. The molecule has 98 valence electrons. The second-order valence-electron chi connectivity index (χ2n) is 4.42. The first-order valence-corrected chi connectivity index (χ1v) is 6.28. The fraction of sp³-hybridized carbons (Fsp3) is 0.429. The first-order chi connectivity index (χ1) is 8.79. The molecule has 1 atom stereocenters. The number of rotatable bonds is 6. The van der Waals surface area contributed by atoms with Crippen LogP contribution in [0.25, 0.3) is 0 Å². The molecule has 1 aromatic rings. The Labute approximate surface area is 108 Å². The maximum atomic E-state index is 5.70. The Bertz CT molecular complexity index is 418. The molecule has 0 fully saturated rings. The maximum absolute atomic E-state index is 5.70. The number of benzene rings is 1. The molecule has 0 saturated heterocycles. The van der Waals surface area contributed by atoms with Gasteiger partial charge >= 0.3 is 0 Å². The lowest BCUT2D eigenvalue weighted by molar-refractivity contribution is 0.199. The molecule has 4 nitrogen and oxygen atoms in total. The van der Waals surface area contributed by atoms with Crippen LogP contribution >= 0.6 is 0 Å². The largest absolute Gasteiger partial charge is 0.496 e. The van der Waals surface area contributed by atoms with Crippen molar-refractivity contribution in [3.8, 4) is 5.75 Å². The summed E-state index contributed by atoms with van der Waals surface area (Å²) in [5, 5.41) is 0. The summed E-state index contributed by atoms with van der Waals surface area (Å²) in [6.45, 7) is 3.42. The average molecular weight is 248 g/mol. The summed E-state index contributed by atoms with van der Waals surface area (Å²) in [5.74, 6) is 7.36. The van der Waals surface area contributed by atoms with E-state index in [1.807, 2.05) is 31.2 Å². The van der Waals surface area contributed by atoms with Crippen LogP contribution in [0.2, 0.25) is 0 Å². The van der Waals surface area contributed by atoms with Crippen LogP contribution in [0, 0.1) is 6.92 Å². The third-order valence-electron chi connectivity index (χ3n) is 2.94. The second kappa shape index (κ2) is 6.42. The van der Waals surface area contributed by atoms with E-state index in [1.54, 1.807) is 0 Å². The number of nitrogens with one attached hydrogen (secondary N) is 1. The van der Waals surface area contributed by atoms with Crippen LogP contribution in [0.1, 0.15) is 18.4 Å². The van der Waals surface area contributed by atoms with Gasteiger partial charge in [-0.2, -0.15) is 0 Å². The van der Waals surface area contributed by atoms with E-state index in [4.69, 9.17) is 15.3 Å². The standard InChI is InChI=1S/C14H20N2O2/c1-11-4-2-5-12(10-11)17-9-7-13(16-15)14-6-3-8-18-14/h2,4-6,10,13,16H,3,7-9,15H2,1H3. The predicted octanol–water partition coefficient (Wildman–Crippen LogP) is 1.90. The van der Waals surface area contributed by atoms with Gasteiger partial charge in [0.2, 0.25) is 0 Å². The Morgan fingerprint density at radius 1 is 1.50 bits per heavy atom. The fourth-order valence-corrected chi connectivity index (χ4v) is 1.99. The zero-order valence-corrected chi connectivity index (χ0v) is 10.7. The van der Waals surface area contributed by atoms with E-state index in [1.165, 1.54) is 5.56 Å². The molecule has 4 heteroatoms. The molecule has 1 unspecified atom stereocenters. The highest BCUT2D eigenvalue weighted by Gasteiger charge is 2.17. The number of hydrazine groups is 1. The lowest BCUT2D eigenvalue weighted by atomic mass is 10.2. The lowest BCUT2D eigenvalue weighted by Crippen LogP contribution is -2.38. The van der Waals surface area contributed by atoms with Crippen LogP contribution in [-0.2, 0) is 4.74 Å². The molecule has 1 aliphatic rings. The van der Waals surface area contributed by atoms with Gasteiger partial charge in [-0.25, -0.2) is 5.43 Å². The van der Waals surface area contributed by atoms with Crippen LogP contribution in [0.15, 0.2) is 36.1 Å². The first kappa shape index (κ1) is 12.9. The Morgan fingerprint density at radius 2 is 2.39 bits per heavy atom. The minimum atomic E-state index is 0.0392. The molecule has 0 amide bonds. The maximum Gasteiger partial charge on any atom is 0.119 e. The number of hydrogen-bond acceptors (Lipinski definition) is 4. The number of hydrogen-bond donors (Lipinski definition) is 2. The van der Waals surface area contributed by atoms with Crippen molar-refractivity contribution in [3.63, 3.8) is 0 Å². The van der Waals surface area contributed by atoms with E-state index in [2.05, 4.69) is 11.5 Å². The van der Waals surface area contributed by atoms with Gasteiger partial charge in [-0.05, 0) is 30.7 Å². The monoisotopic (exact) mass is 248 g/mol. The molecule has 1 aliphatic heterocycles. The normalized spacial score (nSPS) is 16.0. The van der Waals surface area contributed by atoms with Crippen LogP contribution < -0.4 is 16.0 Å². The summed E-state index contributed by atoms with van der Waals surface area (Å²) in [4.78, 5) is 0. The van der Waals surface area contributed by atoms with Crippen LogP contribution in [-0.4, -0.2) is 19.3 Å². The van der Waals surface area contributed by atoms with Crippen LogP contribution in [0.4, 0.5) is 0 Å². The van der Waals surface area contributed by atoms with Gasteiger partial charge in [0.05, 0.1) is 19.3 Å². The zero-order valence-electron chi connectivity index (χ0n) is 10.7. The van der Waals surface area contributed by atoms with Crippen molar-refractivity contribution in [2.75, 3.05) is 13.2 Å². The van der Waals surface area contributed by atoms with Crippen molar-refractivity contribution in [2.45, 2.75) is 25.8 Å². The first-order valence-electron chi connectivity index (χ1n) is 6.28. The Morgan fingerprint density at radius 3 is 3.06 bits per heavy atom. The fourth-order valence-electron chi connectivity index (χ4n) is 1.99. The molecule has 0 saturated carbocycles. The predicted molar refractivity (Wildman–Crippen MR) is 71.1 cm³/mol. The van der Waals surface area contributed by atoms with Crippen LogP contribution in [0.5, 0.6) is 5.75 Å². The molecule has 18 heavy (non-hydrogen) atoms. The second-order valence-corrected chi connectivity index (χ2v) is 4.42. The quantitative estimate of drug-likeness (QED) is 0.596. The van der Waals surface area contributed by atoms with Gasteiger partial charge in [-0.3, -0.25) is 5.84 Å². The lowest BCUT2D eigenvalue weighted by Gasteiger charge is -2.17. The highest BCUT2D eigenvalue weighted by atomic mass is 16.5. The Balaban J connectivity index is 1.80. The topological polar surface area (TPSA) is 56.5 Å². The molecule has 0 radical (unpaired) electrons. The molecular weight excluding hydrogens is 228 g/mol. The summed E-state index contributed by atoms with van der Waals surface area (Å²) in [6.07, 6.45) is 3.83. The van der Waals surface area contributed by atoms with Gasteiger partial charge in [-0.1, -0.05) is 12.1 Å². The van der Waals surface area contributed by atoms with E-state index in [-0.39, 0.29) is 6.04 Å². The molecule has 0 aromatic heterocycles.